The SMILES string of the molecule is Cc1noc(C)c1CCC(=O)NS(=O)(=O)N1CCc2ccccc21. The molecule has 1 N–H and O–H groups in total. The molecule has 0 saturated carbocycles. The van der Waals surface area contributed by atoms with Crippen molar-refractivity contribution in [3.05, 3.63) is 46.8 Å². The number of aromatic nitrogens is 1. The lowest BCUT2D eigenvalue weighted by atomic mass is 10.1. The van der Waals surface area contributed by atoms with Crippen LogP contribution in [0.15, 0.2) is 28.8 Å². The maximum Gasteiger partial charge on any atom is 0.326 e. The topological polar surface area (TPSA) is 92.5 Å². The Morgan fingerprint density at radius 3 is 2.79 bits per heavy atom. The Balaban J connectivity index is 1.66. The van der Waals surface area contributed by atoms with E-state index in [0.29, 0.717) is 30.8 Å². The Morgan fingerprint density at radius 1 is 1.33 bits per heavy atom. The number of hydrogen-bond donors (Lipinski definition) is 1. The van der Waals surface area contributed by atoms with Gasteiger partial charge in [-0.1, -0.05) is 23.4 Å². The highest BCUT2D eigenvalue weighted by Crippen LogP contribution is 2.29. The molecule has 0 bridgehead atoms. The Hall–Kier alpha value is -2.35. The summed E-state index contributed by atoms with van der Waals surface area (Å²) in [7, 11) is -3.89. The number of nitrogens with zero attached hydrogens (tertiary/aromatic N) is 2. The molecule has 1 aliphatic rings. The first-order valence-corrected chi connectivity index (χ1v) is 9.15. The van der Waals surface area contributed by atoms with Crippen molar-refractivity contribution < 1.29 is 17.7 Å². The summed E-state index contributed by atoms with van der Waals surface area (Å²) in [4.78, 5) is 12.1. The minimum atomic E-state index is -3.89. The minimum Gasteiger partial charge on any atom is -0.361 e. The van der Waals surface area contributed by atoms with Crippen LogP contribution in [-0.4, -0.2) is 26.0 Å². The van der Waals surface area contributed by atoms with E-state index in [9.17, 15) is 13.2 Å². The fourth-order valence-corrected chi connectivity index (χ4v) is 4.17. The van der Waals surface area contributed by atoms with Crippen molar-refractivity contribution >= 4 is 21.8 Å². The number of nitrogens with one attached hydrogen (secondary N) is 1. The lowest BCUT2D eigenvalue weighted by Crippen LogP contribution is -2.42. The van der Waals surface area contributed by atoms with Gasteiger partial charge in [0, 0.05) is 18.5 Å². The standard InChI is InChI=1S/C16H19N3O4S/c1-11-14(12(2)23-17-11)7-8-16(20)18-24(21,22)19-10-9-13-5-3-4-6-15(13)19/h3-6H,7-10H2,1-2H3,(H,18,20). The zero-order chi connectivity index (χ0) is 17.3. The van der Waals surface area contributed by atoms with Crippen molar-refractivity contribution in [3.63, 3.8) is 0 Å². The first-order chi connectivity index (χ1) is 11.4. The third-order valence-corrected chi connectivity index (χ3v) is 5.61. The zero-order valence-corrected chi connectivity index (χ0v) is 14.4. The fraction of sp³-hybridized carbons (Fsp3) is 0.375. The smallest absolute Gasteiger partial charge is 0.326 e. The van der Waals surface area contributed by atoms with E-state index in [0.717, 1.165) is 16.8 Å². The van der Waals surface area contributed by atoms with Crippen LogP contribution in [0.25, 0.3) is 0 Å². The van der Waals surface area contributed by atoms with E-state index in [2.05, 4.69) is 9.88 Å². The molecule has 3 rings (SSSR count). The summed E-state index contributed by atoms with van der Waals surface area (Å²) in [6, 6.07) is 7.29. The van der Waals surface area contributed by atoms with Crippen molar-refractivity contribution in [1.82, 2.24) is 9.88 Å². The van der Waals surface area contributed by atoms with E-state index >= 15 is 0 Å². The first kappa shape index (κ1) is 16.5. The van der Waals surface area contributed by atoms with Crippen LogP contribution in [-0.2, 0) is 27.8 Å². The number of carbonyl (C=O) groups excluding carboxylic acids is 1. The summed E-state index contributed by atoms with van der Waals surface area (Å²) < 4.78 is 33.4. The third kappa shape index (κ3) is 3.14. The lowest BCUT2D eigenvalue weighted by molar-refractivity contribution is -0.119. The average molecular weight is 349 g/mol. The van der Waals surface area contributed by atoms with Gasteiger partial charge in [0.15, 0.2) is 0 Å². The molecule has 1 amide bonds. The highest BCUT2D eigenvalue weighted by Gasteiger charge is 2.30. The number of para-hydroxylation sites is 1. The van der Waals surface area contributed by atoms with Crippen LogP contribution in [0, 0.1) is 13.8 Å². The molecule has 0 spiro atoms. The van der Waals surface area contributed by atoms with Crippen LogP contribution in [0.1, 0.15) is 29.0 Å². The summed E-state index contributed by atoms with van der Waals surface area (Å²) in [5, 5.41) is 3.82. The van der Waals surface area contributed by atoms with Gasteiger partial charge in [-0.3, -0.25) is 9.10 Å². The summed E-state index contributed by atoms with van der Waals surface area (Å²) in [6.45, 7) is 3.90. The number of fused-ring (bicyclic) bond motifs is 1. The van der Waals surface area contributed by atoms with E-state index in [1.54, 1.807) is 26.0 Å². The van der Waals surface area contributed by atoms with Gasteiger partial charge in [0.2, 0.25) is 5.91 Å². The second-order valence-corrected chi connectivity index (χ2v) is 7.38. The molecule has 2 heterocycles. The Kier molecular flexibility index (Phi) is 4.31. The quantitative estimate of drug-likeness (QED) is 0.886. The predicted octanol–water partition coefficient (Wildman–Crippen LogP) is 1.65. The molecular weight excluding hydrogens is 330 g/mol. The molecule has 8 heteroatoms. The molecule has 0 fully saturated rings. The molecule has 0 unspecified atom stereocenters. The van der Waals surface area contributed by atoms with Crippen LogP contribution in [0.4, 0.5) is 5.69 Å². The van der Waals surface area contributed by atoms with Crippen molar-refractivity contribution in [3.8, 4) is 0 Å². The van der Waals surface area contributed by atoms with Crippen LogP contribution in [0.2, 0.25) is 0 Å². The second-order valence-electron chi connectivity index (χ2n) is 5.78. The first-order valence-electron chi connectivity index (χ1n) is 7.71. The maximum atomic E-state index is 12.5. The normalized spacial score (nSPS) is 13.8. The van der Waals surface area contributed by atoms with E-state index in [1.165, 1.54) is 4.31 Å². The van der Waals surface area contributed by atoms with Gasteiger partial charge in [0.25, 0.3) is 0 Å². The number of benzene rings is 1. The van der Waals surface area contributed by atoms with Crippen molar-refractivity contribution in [1.29, 1.82) is 0 Å². The second kappa shape index (κ2) is 6.27. The molecule has 0 radical (unpaired) electrons. The van der Waals surface area contributed by atoms with Crippen LogP contribution < -0.4 is 9.03 Å². The molecule has 0 atom stereocenters. The van der Waals surface area contributed by atoms with E-state index in [1.807, 2.05) is 12.1 Å². The number of anilines is 1. The summed E-state index contributed by atoms with van der Waals surface area (Å²) in [6.07, 6.45) is 1.08. The van der Waals surface area contributed by atoms with Crippen molar-refractivity contribution in [2.45, 2.75) is 33.1 Å². The number of carbonyl (C=O) groups is 1. The Morgan fingerprint density at radius 2 is 2.08 bits per heavy atom. The molecule has 0 aliphatic carbocycles. The molecule has 128 valence electrons. The lowest BCUT2D eigenvalue weighted by Gasteiger charge is -2.19. The van der Waals surface area contributed by atoms with Crippen LogP contribution in [0.3, 0.4) is 0 Å². The summed E-state index contributed by atoms with van der Waals surface area (Å²) in [5.74, 6) is 0.107. The molecule has 1 aromatic carbocycles. The van der Waals surface area contributed by atoms with Gasteiger partial charge in [0.1, 0.15) is 5.76 Å². The number of amides is 1. The molecular formula is C16H19N3O4S. The van der Waals surface area contributed by atoms with E-state index in [-0.39, 0.29) is 6.42 Å². The fourth-order valence-electron chi connectivity index (χ4n) is 2.90. The van der Waals surface area contributed by atoms with Gasteiger partial charge in [-0.05, 0) is 38.3 Å². The Bertz CT molecular complexity index is 854. The van der Waals surface area contributed by atoms with Gasteiger partial charge < -0.3 is 4.52 Å². The average Bonchev–Trinajstić information content (AvgIpc) is 3.09. The van der Waals surface area contributed by atoms with Gasteiger partial charge in [-0.2, -0.15) is 8.42 Å². The minimum absolute atomic E-state index is 0.0532. The van der Waals surface area contributed by atoms with Gasteiger partial charge in [0.05, 0.1) is 11.4 Å². The number of aryl methyl sites for hydroxylation is 2. The molecule has 24 heavy (non-hydrogen) atoms. The summed E-state index contributed by atoms with van der Waals surface area (Å²) in [5.41, 5.74) is 3.15. The maximum absolute atomic E-state index is 12.5. The van der Waals surface area contributed by atoms with Gasteiger partial charge >= 0.3 is 10.2 Å². The third-order valence-electron chi connectivity index (χ3n) is 4.16. The van der Waals surface area contributed by atoms with Crippen molar-refractivity contribution in [2.24, 2.45) is 0 Å². The largest absolute Gasteiger partial charge is 0.361 e. The molecule has 2 aromatic rings. The zero-order valence-electron chi connectivity index (χ0n) is 13.6. The predicted molar refractivity (Wildman–Crippen MR) is 88.9 cm³/mol. The monoisotopic (exact) mass is 349 g/mol. The molecule has 7 nitrogen and oxygen atoms in total. The van der Waals surface area contributed by atoms with E-state index < -0.39 is 16.1 Å². The molecule has 0 saturated heterocycles. The Labute approximate surface area is 140 Å². The number of hydrogen-bond acceptors (Lipinski definition) is 5. The van der Waals surface area contributed by atoms with Crippen molar-refractivity contribution in [2.75, 3.05) is 10.8 Å². The van der Waals surface area contributed by atoms with Crippen LogP contribution in [0.5, 0.6) is 0 Å². The number of rotatable bonds is 5. The van der Waals surface area contributed by atoms with Crippen LogP contribution >= 0.6 is 0 Å². The highest BCUT2D eigenvalue weighted by molar-refractivity contribution is 7.91. The van der Waals surface area contributed by atoms with Gasteiger partial charge in [-0.25, -0.2) is 4.72 Å². The summed E-state index contributed by atoms with van der Waals surface area (Å²) >= 11 is 0. The van der Waals surface area contributed by atoms with Gasteiger partial charge in [-0.15, -0.1) is 0 Å². The van der Waals surface area contributed by atoms with E-state index in [4.69, 9.17) is 4.52 Å². The molecule has 1 aliphatic heterocycles. The highest BCUT2D eigenvalue weighted by atomic mass is 32.2. The molecule has 1 aromatic heterocycles.